The molecule has 0 bridgehead atoms. The predicted molar refractivity (Wildman–Crippen MR) is 157 cm³/mol. The van der Waals surface area contributed by atoms with E-state index in [0.29, 0.717) is 24.9 Å². The molecule has 7 nitrogen and oxygen atoms in total. The van der Waals surface area contributed by atoms with Gasteiger partial charge in [0.15, 0.2) is 0 Å². The van der Waals surface area contributed by atoms with Gasteiger partial charge in [-0.3, -0.25) is 9.59 Å². The number of amides is 3. The van der Waals surface area contributed by atoms with Gasteiger partial charge < -0.3 is 20.3 Å². The Morgan fingerprint density at radius 2 is 1.69 bits per heavy atom. The van der Waals surface area contributed by atoms with Crippen molar-refractivity contribution in [2.24, 2.45) is 5.92 Å². The number of nitrogens with zero attached hydrogens (tertiary/aromatic N) is 1. The highest BCUT2D eigenvalue weighted by atomic mass is 16.6. The van der Waals surface area contributed by atoms with Crippen LogP contribution >= 0.6 is 0 Å². The molecule has 212 valence electrons. The summed E-state index contributed by atoms with van der Waals surface area (Å²) in [6.45, 7) is 17.4. The molecule has 2 aromatic carbocycles. The molecule has 39 heavy (non-hydrogen) atoms. The second-order valence-electron chi connectivity index (χ2n) is 11.3. The van der Waals surface area contributed by atoms with Gasteiger partial charge in [0, 0.05) is 12.6 Å². The number of benzene rings is 2. The summed E-state index contributed by atoms with van der Waals surface area (Å²) >= 11 is 0. The molecule has 0 fully saturated rings. The van der Waals surface area contributed by atoms with Crippen LogP contribution in [-0.2, 0) is 20.9 Å². The zero-order valence-electron chi connectivity index (χ0n) is 24.5. The fourth-order valence-corrected chi connectivity index (χ4v) is 4.29. The maximum Gasteiger partial charge on any atom is 0.408 e. The highest BCUT2D eigenvalue weighted by Gasteiger charge is 2.38. The fourth-order valence-electron chi connectivity index (χ4n) is 4.29. The number of nitrogens with one attached hydrogen (secondary N) is 2. The van der Waals surface area contributed by atoms with E-state index in [9.17, 15) is 14.4 Å². The van der Waals surface area contributed by atoms with Crippen LogP contribution in [-0.4, -0.2) is 40.5 Å². The lowest BCUT2D eigenvalue weighted by Crippen LogP contribution is -2.55. The molecule has 0 aliphatic carbocycles. The topological polar surface area (TPSA) is 87.7 Å². The van der Waals surface area contributed by atoms with E-state index in [-0.39, 0.29) is 23.8 Å². The van der Waals surface area contributed by atoms with Crippen molar-refractivity contribution in [1.82, 2.24) is 15.5 Å². The molecule has 2 N–H and O–H groups in total. The van der Waals surface area contributed by atoms with Gasteiger partial charge in [-0.15, -0.1) is 0 Å². The summed E-state index contributed by atoms with van der Waals surface area (Å²) in [5, 5.41) is 5.82. The Bertz CT molecular complexity index is 1110. The van der Waals surface area contributed by atoms with Gasteiger partial charge in [-0.05, 0) is 69.2 Å². The third kappa shape index (κ3) is 9.89. The lowest BCUT2D eigenvalue weighted by Gasteiger charge is -2.38. The Morgan fingerprint density at radius 3 is 2.26 bits per heavy atom. The summed E-state index contributed by atoms with van der Waals surface area (Å²) in [5.41, 5.74) is 1.76. The fraction of sp³-hybridized carbons (Fsp3) is 0.469. The Balaban J connectivity index is 2.53. The molecule has 3 atom stereocenters. The minimum atomic E-state index is -0.911. The van der Waals surface area contributed by atoms with Crippen molar-refractivity contribution in [3.05, 3.63) is 77.9 Å². The van der Waals surface area contributed by atoms with Crippen LogP contribution in [0.25, 0.3) is 6.08 Å². The third-order valence-corrected chi connectivity index (χ3v) is 6.31. The SMILES string of the molecule is C=Cc1cccc(C(C(=O)NCc2ccccc2)N(C(=O)C(CC(C)C)NC(=O)OC(C)(C)C)C(C)CC)c1. The van der Waals surface area contributed by atoms with Crippen LogP contribution in [0.3, 0.4) is 0 Å². The lowest BCUT2D eigenvalue weighted by molar-refractivity contribution is -0.145. The minimum Gasteiger partial charge on any atom is -0.444 e. The van der Waals surface area contributed by atoms with Crippen LogP contribution in [0.2, 0.25) is 0 Å². The van der Waals surface area contributed by atoms with Gasteiger partial charge in [-0.25, -0.2) is 4.79 Å². The first-order chi connectivity index (χ1) is 18.4. The van der Waals surface area contributed by atoms with E-state index in [1.165, 1.54) is 0 Å². The highest BCUT2D eigenvalue weighted by molar-refractivity contribution is 5.92. The molecule has 3 amide bonds. The van der Waals surface area contributed by atoms with Crippen LogP contribution < -0.4 is 10.6 Å². The average Bonchev–Trinajstić information content (AvgIpc) is 2.88. The van der Waals surface area contributed by atoms with Crippen molar-refractivity contribution in [1.29, 1.82) is 0 Å². The zero-order chi connectivity index (χ0) is 29.2. The second kappa shape index (κ2) is 14.5. The van der Waals surface area contributed by atoms with Gasteiger partial charge in [0.2, 0.25) is 11.8 Å². The van der Waals surface area contributed by atoms with E-state index in [0.717, 1.165) is 11.1 Å². The molecule has 0 saturated carbocycles. The Morgan fingerprint density at radius 1 is 1.03 bits per heavy atom. The van der Waals surface area contributed by atoms with E-state index in [4.69, 9.17) is 4.74 Å². The maximum atomic E-state index is 14.3. The zero-order valence-corrected chi connectivity index (χ0v) is 24.5. The monoisotopic (exact) mass is 535 g/mol. The quantitative estimate of drug-likeness (QED) is 0.336. The van der Waals surface area contributed by atoms with Crippen molar-refractivity contribution in [2.75, 3.05) is 0 Å². The lowest BCUT2D eigenvalue weighted by atomic mass is 9.96. The van der Waals surface area contributed by atoms with Gasteiger partial charge in [-0.2, -0.15) is 0 Å². The Labute approximate surface area is 234 Å². The summed E-state index contributed by atoms with van der Waals surface area (Å²) < 4.78 is 5.47. The number of ether oxygens (including phenoxy) is 1. The van der Waals surface area contributed by atoms with Crippen molar-refractivity contribution in [3.63, 3.8) is 0 Å². The molecule has 0 heterocycles. The van der Waals surface area contributed by atoms with Crippen molar-refractivity contribution in [3.8, 4) is 0 Å². The number of carbonyl (C=O) groups excluding carboxylic acids is 3. The van der Waals surface area contributed by atoms with Crippen LogP contribution in [0.5, 0.6) is 0 Å². The number of carbonyl (C=O) groups is 3. The standard InChI is InChI=1S/C32H45N3O4/c1-9-23(5)35(30(37)27(19-22(3)4)34-31(38)39-32(6,7)8)28(26-18-14-17-24(10-2)20-26)29(36)33-21-25-15-12-11-13-16-25/h10-18,20,22-23,27-28H,2,9,19,21H2,1,3-8H3,(H,33,36)(H,34,38). The first kappa shape index (κ1) is 31.6. The highest BCUT2D eigenvalue weighted by Crippen LogP contribution is 2.28. The Hall–Kier alpha value is -3.61. The van der Waals surface area contributed by atoms with E-state index >= 15 is 0 Å². The first-order valence-corrected chi connectivity index (χ1v) is 13.7. The normalized spacial score (nSPS) is 13.6. The summed E-state index contributed by atoms with van der Waals surface area (Å²) in [6, 6.07) is 15.1. The van der Waals surface area contributed by atoms with Gasteiger partial charge in [0.05, 0.1) is 0 Å². The molecule has 0 aromatic heterocycles. The van der Waals surface area contributed by atoms with Crippen molar-refractivity contribution >= 4 is 24.0 Å². The molecule has 0 saturated heterocycles. The molecule has 2 rings (SSSR count). The van der Waals surface area contributed by atoms with Crippen molar-refractivity contribution in [2.45, 2.75) is 91.6 Å². The number of hydrogen-bond acceptors (Lipinski definition) is 4. The van der Waals surface area contributed by atoms with Crippen LogP contribution in [0.4, 0.5) is 4.79 Å². The molecular formula is C32H45N3O4. The Kier molecular flexibility index (Phi) is 11.8. The molecule has 0 aliphatic heterocycles. The third-order valence-electron chi connectivity index (χ3n) is 6.31. The number of hydrogen-bond donors (Lipinski definition) is 2. The van der Waals surface area contributed by atoms with E-state index in [2.05, 4.69) is 17.2 Å². The first-order valence-electron chi connectivity index (χ1n) is 13.7. The van der Waals surface area contributed by atoms with E-state index in [1.807, 2.05) is 82.3 Å². The summed E-state index contributed by atoms with van der Waals surface area (Å²) in [5.74, 6) is -0.510. The average molecular weight is 536 g/mol. The van der Waals surface area contributed by atoms with Gasteiger partial charge in [0.25, 0.3) is 0 Å². The smallest absolute Gasteiger partial charge is 0.408 e. The van der Waals surface area contributed by atoms with Gasteiger partial charge in [-0.1, -0.05) is 82.0 Å². The summed E-state index contributed by atoms with van der Waals surface area (Å²) in [7, 11) is 0. The second-order valence-corrected chi connectivity index (χ2v) is 11.3. The van der Waals surface area contributed by atoms with Crippen LogP contribution in [0.1, 0.15) is 84.0 Å². The van der Waals surface area contributed by atoms with Gasteiger partial charge >= 0.3 is 6.09 Å². The summed E-state index contributed by atoms with van der Waals surface area (Å²) in [6.07, 6.45) is 2.07. The molecule has 2 aromatic rings. The maximum absolute atomic E-state index is 14.3. The van der Waals surface area contributed by atoms with Gasteiger partial charge in [0.1, 0.15) is 17.7 Å². The molecular weight excluding hydrogens is 490 g/mol. The minimum absolute atomic E-state index is 0.113. The predicted octanol–water partition coefficient (Wildman–Crippen LogP) is 6.25. The largest absolute Gasteiger partial charge is 0.444 e. The molecule has 3 unspecified atom stereocenters. The van der Waals surface area contributed by atoms with Crippen LogP contribution in [0, 0.1) is 5.92 Å². The number of alkyl carbamates (subject to hydrolysis) is 1. The summed E-state index contributed by atoms with van der Waals surface area (Å²) in [4.78, 5) is 42.5. The number of rotatable bonds is 12. The van der Waals surface area contributed by atoms with E-state index in [1.54, 1.807) is 31.7 Å². The molecule has 7 heteroatoms. The van der Waals surface area contributed by atoms with Crippen molar-refractivity contribution < 1.29 is 19.1 Å². The van der Waals surface area contributed by atoms with Crippen LogP contribution in [0.15, 0.2) is 61.2 Å². The van der Waals surface area contributed by atoms with E-state index < -0.39 is 23.8 Å². The molecule has 0 spiro atoms. The molecule has 0 radical (unpaired) electrons. The molecule has 0 aliphatic rings.